The van der Waals surface area contributed by atoms with E-state index in [1.54, 1.807) is 6.07 Å². The van der Waals surface area contributed by atoms with Crippen LogP contribution < -0.4 is 10.5 Å². The fraction of sp³-hybridized carbons (Fsp3) is 0.111. The average molecular weight is 211 g/mol. The third-order valence-electron chi connectivity index (χ3n) is 1.71. The third kappa shape index (κ3) is 2.00. The number of aromatic carboxylic acids is 1. The van der Waals surface area contributed by atoms with Gasteiger partial charge in [-0.1, -0.05) is 12.2 Å². The largest absolute Gasteiger partial charge is 0.496 e. The predicted molar refractivity (Wildman–Crippen MR) is 55.8 cm³/mol. The summed E-state index contributed by atoms with van der Waals surface area (Å²) in [7, 11) is 1.40. The van der Waals surface area contributed by atoms with Crippen LogP contribution in [0.1, 0.15) is 15.9 Å². The van der Waals surface area contributed by atoms with Crippen molar-refractivity contribution >= 4 is 23.2 Å². The Morgan fingerprint density at radius 2 is 2.21 bits per heavy atom. The van der Waals surface area contributed by atoms with Gasteiger partial charge in [0, 0.05) is 5.56 Å². The van der Waals surface area contributed by atoms with E-state index in [9.17, 15) is 4.79 Å². The van der Waals surface area contributed by atoms with Crippen molar-refractivity contribution in [3.8, 4) is 5.75 Å². The highest BCUT2D eigenvalue weighted by Gasteiger charge is 2.11. The second kappa shape index (κ2) is 4.06. The molecule has 74 valence electrons. The van der Waals surface area contributed by atoms with E-state index < -0.39 is 5.97 Å². The van der Waals surface area contributed by atoms with Gasteiger partial charge in [0.2, 0.25) is 0 Å². The molecule has 0 saturated carbocycles. The van der Waals surface area contributed by atoms with E-state index in [0.717, 1.165) is 0 Å². The van der Waals surface area contributed by atoms with E-state index in [1.165, 1.54) is 19.2 Å². The topological polar surface area (TPSA) is 72.5 Å². The van der Waals surface area contributed by atoms with Gasteiger partial charge in [-0.15, -0.1) is 0 Å². The fourth-order valence-corrected chi connectivity index (χ4v) is 1.16. The van der Waals surface area contributed by atoms with Crippen LogP contribution >= 0.6 is 12.2 Å². The van der Waals surface area contributed by atoms with Crippen LogP contribution in [0.3, 0.4) is 0 Å². The molecule has 0 bridgehead atoms. The summed E-state index contributed by atoms with van der Waals surface area (Å²) in [6, 6.07) is 4.54. The van der Waals surface area contributed by atoms with Gasteiger partial charge in [-0.25, -0.2) is 4.79 Å². The molecule has 0 saturated heterocycles. The summed E-state index contributed by atoms with van der Waals surface area (Å²) in [5.41, 5.74) is 5.94. The van der Waals surface area contributed by atoms with Crippen LogP contribution in [0.25, 0.3) is 0 Å². The smallest absolute Gasteiger partial charge is 0.339 e. The highest BCUT2D eigenvalue weighted by Crippen LogP contribution is 2.19. The Morgan fingerprint density at radius 1 is 1.57 bits per heavy atom. The van der Waals surface area contributed by atoms with Gasteiger partial charge < -0.3 is 15.6 Å². The van der Waals surface area contributed by atoms with E-state index in [2.05, 4.69) is 0 Å². The normalized spacial score (nSPS) is 9.50. The summed E-state index contributed by atoms with van der Waals surface area (Å²) in [6.45, 7) is 0. The number of hydrogen-bond donors (Lipinski definition) is 2. The summed E-state index contributed by atoms with van der Waals surface area (Å²) in [4.78, 5) is 11.0. The van der Waals surface area contributed by atoms with Gasteiger partial charge in [0.05, 0.1) is 7.11 Å². The molecule has 14 heavy (non-hydrogen) atoms. The summed E-state index contributed by atoms with van der Waals surface area (Å²) in [6.07, 6.45) is 0. The number of methoxy groups -OCH3 is 1. The number of benzene rings is 1. The second-order valence-corrected chi connectivity index (χ2v) is 3.02. The molecule has 0 aliphatic rings. The van der Waals surface area contributed by atoms with Crippen molar-refractivity contribution in [1.82, 2.24) is 0 Å². The number of ether oxygens (including phenoxy) is 1. The molecule has 3 N–H and O–H groups in total. The molecule has 0 atom stereocenters. The lowest BCUT2D eigenvalue weighted by Crippen LogP contribution is -2.11. The Kier molecular flexibility index (Phi) is 3.03. The van der Waals surface area contributed by atoms with Crippen molar-refractivity contribution in [2.45, 2.75) is 0 Å². The van der Waals surface area contributed by atoms with Crippen LogP contribution in [-0.4, -0.2) is 23.2 Å². The van der Waals surface area contributed by atoms with Crippen molar-refractivity contribution in [3.05, 3.63) is 29.3 Å². The molecule has 1 aromatic carbocycles. The van der Waals surface area contributed by atoms with Gasteiger partial charge >= 0.3 is 5.97 Å². The predicted octanol–water partition coefficient (Wildman–Crippen LogP) is 1.03. The van der Waals surface area contributed by atoms with Crippen molar-refractivity contribution in [3.63, 3.8) is 0 Å². The quantitative estimate of drug-likeness (QED) is 0.730. The SMILES string of the molecule is COc1ccc(C(N)=S)cc1C(=O)O. The molecular formula is C9H9NO3S. The molecule has 0 amide bonds. The number of rotatable bonds is 3. The standard InChI is InChI=1S/C9H9NO3S/c1-13-7-3-2-5(8(10)14)4-6(7)9(11)12/h2-4H,1H3,(H2,10,14)(H,11,12). The Balaban J connectivity index is 3.27. The van der Waals surface area contributed by atoms with Crippen LogP contribution in [-0.2, 0) is 0 Å². The summed E-state index contributed by atoms with van der Waals surface area (Å²) >= 11 is 4.73. The molecule has 0 heterocycles. The molecule has 0 aromatic heterocycles. The lowest BCUT2D eigenvalue weighted by Gasteiger charge is -2.06. The molecule has 0 unspecified atom stereocenters. The number of thiocarbonyl (C=S) groups is 1. The summed E-state index contributed by atoms with van der Waals surface area (Å²) in [5, 5.41) is 8.84. The lowest BCUT2D eigenvalue weighted by molar-refractivity contribution is 0.0693. The van der Waals surface area contributed by atoms with Crippen LogP contribution in [0.4, 0.5) is 0 Å². The van der Waals surface area contributed by atoms with Gasteiger partial charge in [-0.05, 0) is 18.2 Å². The van der Waals surface area contributed by atoms with Crippen molar-refractivity contribution < 1.29 is 14.6 Å². The zero-order valence-corrected chi connectivity index (χ0v) is 8.30. The monoisotopic (exact) mass is 211 g/mol. The first kappa shape index (κ1) is 10.5. The zero-order chi connectivity index (χ0) is 10.7. The van der Waals surface area contributed by atoms with Crippen LogP contribution in [0.5, 0.6) is 5.75 Å². The molecule has 0 radical (unpaired) electrons. The molecule has 0 aliphatic heterocycles. The Morgan fingerprint density at radius 3 is 2.64 bits per heavy atom. The Bertz CT molecular complexity index is 390. The minimum absolute atomic E-state index is 0.0535. The molecule has 0 fully saturated rings. The first-order chi connectivity index (χ1) is 6.56. The number of carboxylic acids is 1. The van der Waals surface area contributed by atoms with E-state index in [4.69, 9.17) is 27.8 Å². The summed E-state index contributed by atoms with van der Waals surface area (Å²) < 4.78 is 4.88. The van der Waals surface area contributed by atoms with E-state index in [-0.39, 0.29) is 16.3 Å². The van der Waals surface area contributed by atoms with E-state index in [1.807, 2.05) is 0 Å². The molecular weight excluding hydrogens is 202 g/mol. The van der Waals surface area contributed by atoms with Crippen molar-refractivity contribution in [2.24, 2.45) is 5.73 Å². The minimum atomic E-state index is -1.07. The Hall–Kier alpha value is -1.62. The molecule has 1 rings (SSSR count). The van der Waals surface area contributed by atoms with E-state index in [0.29, 0.717) is 5.56 Å². The van der Waals surface area contributed by atoms with Gasteiger partial charge in [0.15, 0.2) is 0 Å². The molecule has 5 heteroatoms. The van der Waals surface area contributed by atoms with Crippen LogP contribution in [0.2, 0.25) is 0 Å². The van der Waals surface area contributed by atoms with E-state index >= 15 is 0 Å². The van der Waals surface area contributed by atoms with Gasteiger partial charge in [-0.3, -0.25) is 0 Å². The first-order valence-electron chi connectivity index (χ1n) is 3.77. The number of hydrogen-bond acceptors (Lipinski definition) is 3. The third-order valence-corrected chi connectivity index (χ3v) is 1.95. The fourth-order valence-electron chi connectivity index (χ4n) is 1.03. The number of nitrogens with two attached hydrogens (primary N) is 1. The maximum absolute atomic E-state index is 10.8. The van der Waals surface area contributed by atoms with Crippen molar-refractivity contribution in [1.29, 1.82) is 0 Å². The maximum atomic E-state index is 10.8. The van der Waals surface area contributed by atoms with Gasteiger partial charge in [0.1, 0.15) is 16.3 Å². The maximum Gasteiger partial charge on any atom is 0.339 e. The number of carbonyl (C=O) groups is 1. The molecule has 1 aromatic rings. The van der Waals surface area contributed by atoms with Gasteiger partial charge in [-0.2, -0.15) is 0 Å². The zero-order valence-electron chi connectivity index (χ0n) is 7.48. The van der Waals surface area contributed by atoms with Crippen LogP contribution in [0, 0.1) is 0 Å². The minimum Gasteiger partial charge on any atom is -0.496 e. The summed E-state index contributed by atoms with van der Waals surface area (Å²) in [5.74, 6) is -0.780. The van der Waals surface area contributed by atoms with Crippen molar-refractivity contribution in [2.75, 3.05) is 7.11 Å². The number of carboxylic acid groups (broad SMARTS) is 1. The second-order valence-electron chi connectivity index (χ2n) is 2.58. The average Bonchev–Trinajstić information content (AvgIpc) is 2.16. The lowest BCUT2D eigenvalue weighted by atomic mass is 10.1. The molecule has 0 spiro atoms. The highest BCUT2D eigenvalue weighted by molar-refractivity contribution is 7.80. The first-order valence-corrected chi connectivity index (χ1v) is 4.18. The molecule has 4 nitrogen and oxygen atoms in total. The molecule has 0 aliphatic carbocycles. The van der Waals surface area contributed by atoms with Gasteiger partial charge in [0.25, 0.3) is 0 Å². The Labute approximate surface area is 86.3 Å². The highest BCUT2D eigenvalue weighted by atomic mass is 32.1. The van der Waals surface area contributed by atoms with Crippen LogP contribution in [0.15, 0.2) is 18.2 Å².